The van der Waals surface area contributed by atoms with Crippen molar-refractivity contribution in [3.8, 4) is 6.07 Å². The lowest BCUT2D eigenvalue weighted by molar-refractivity contribution is -0.116. The van der Waals surface area contributed by atoms with E-state index in [9.17, 15) is 4.79 Å². The fourth-order valence-electron chi connectivity index (χ4n) is 4.06. The molecular formula is C28H24ClN3O. The monoisotopic (exact) mass is 453 g/mol. The van der Waals surface area contributed by atoms with E-state index in [0.29, 0.717) is 16.3 Å². The van der Waals surface area contributed by atoms with Crippen molar-refractivity contribution >= 4 is 35.0 Å². The first-order valence-electron chi connectivity index (χ1n) is 10.9. The Morgan fingerprint density at radius 1 is 1.09 bits per heavy atom. The third-order valence-electron chi connectivity index (χ3n) is 5.74. The number of nitrogens with zero attached hydrogens (tertiary/aromatic N) is 3. The summed E-state index contributed by atoms with van der Waals surface area (Å²) in [6.45, 7) is 3.80. The van der Waals surface area contributed by atoms with E-state index in [2.05, 4.69) is 30.4 Å². The van der Waals surface area contributed by atoms with Gasteiger partial charge in [0.15, 0.2) is 0 Å². The normalized spacial score (nSPS) is 21.3. The van der Waals surface area contributed by atoms with Gasteiger partial charge in [0, 0.05) is 22.0 Å². The van der Waals surface area contributed by atoms with E-state index in [-0.39, 0.29) is 12.5 Å². The third kappa shape index (κ3) is 5.05. The average Bonchev–Trinajstić information content (AvgIpc) is 2.84. The zero-order valence-electron chi connectivity index (χ0n) is 18.7. The Morgan fingerprint density at radius 3 is 2.64 bits per heavy atom. The molecule has 0 atom stereocenters. The van der Waals surface area contributed by atoms with Crippen molar-refractivity contribution in [1.29, 1.82) is 5.26 Å². The zero-order chi connectivity index (χ0) is 23.4. The van der Waals surface area contributed by atoms with Crippen molar-refractivity contribution in [2.24, 2.45) is 4.99 Å². The van der Waals surface area contributed by atoms with Crippen LogP contribution in [0.3, 0.4) is 0 Å². The van der Waals surface area contributed by atoms with Gasteiger partial charge in [0.1, 0.15) is 6.54 Å². The predicted molar refractivity (Wildman–Crippen MR) is 135 cm³/mol. The minimum absolute atomic E-state index is 0.0176. The molecule has 164 valence electrons. The summed E-state index contributed by atoms with van der Waals surface area (Å²) in [5.74, 6) is -0.131. The van der Waals surface area contributed by atoms with E-state index in [1.54, 1.807) is 23.1 Å². The summed E-state index contributed by atoms with van der Waals surface area (Å²) in [7, 11) is 0. The lowest BCUT2D eigenvalue weighted by atomic mass is 9.96. The molecule has 4 rings (SSSR count). The number of benzene rings is 2. The molecule has 0 N–H and O–H groups in total. The highest BCUT2D eigenvalue weighted by Gasteiger charge is 2.20. The molecule has 0 fully saturated rings. The van der Waals surface area contributed by atoms with Gasteiger partial charge in [-0.05, 0) is 85.9 Å². The molecule has 0 saturated heterocycles. The standard InChI is InChI=1S/C28H24ClN3O/c1-19-15-25(29)13-7-20(2)32(26-14-12-22-5-3-4-6-24(22)16-26)27(33)18-31-28(19)23-10-8-21(17-30)9-11-23/h4,6-16H,3,5,18H2,1-2H3/b19-15+,20-7+,25-13+,31-28?. The molecule has 0 aromatic heterocycles. The van der Waals surface area contributed by atoms with Crippen LogP contribution in [0.1, 0.15) is 42.5 Å². The van der Waals surface area contributed by atoms with Gasteiger partial charge in [-0.15, -0.1) is 0 Å². The predicted octanol–water partition coefficient (Wildman–Crippen LogP) is 6.33. The van der Waals surface area contributed by atoms with Crippen molar-refractivity contribution in [3.63, 3.8) is 0 Å². The van der Waals surface area contributed by atoms with Crippen molar-refractivity contribution in [2.45, 2.75) is 26.7 Å². The molecule has 1 heterocycles. The fraction of sp³-hybridized carbons (Fsp3) is 0.179. The third-order valence-corrected chi connectivity index (χ3v) is 5.97. The number of aliphatic imine (C=N–C) groups is 1. The molecule has 2 aromatic carbocycles. The zero-order valence-corrected chi connectivity index (χ0v) is 19.4. The molecule has 0 bridgehead atoms. The first kappa shape index (κ1) is 22.5. The van der Waals surface area contributed by atoms with Gasteiger partial charge in [-0.1, -0.05) is 42.0 Å². The topological polar surface area (TPSA) is 56.5 Å². The van der Waals surface area contributed by atoms with Gasteiger partial charge in [0.05, 0.1) is 17.3 Å². The number of amides is 1. The first-order valence-corrected chi connectivity index (χ1v) is 11.2. The maximum atomic E-state index is 13.4. The van der Waals surface area contributed by atoms with Crippen LogP contribution in [-0.4, -0.2) is 18.2 Å². The SMILES string of the molecule is C\C1=C/C(Cl)=C\C=C(/C)N(c2ccc3c(c2)C=CCC3)C(=O)CN=C1c1ccc(C#N)cc1. The summed E-state index contributed by atoms with van der Waals surface area (Å²) in [4.78, 5) is 19.8. The highest BCUT2D eigenvalue weighted by atomic mass is 35.5. The van der Waals surface area contributed by atoms with Gasteiger partial charge in [0.2, 0.25) is 0 Å². The van der Waals surface area contributed by atoms with Gasteiger partial charge < -0.3 is 0 Å². The summed E-state index contributed by atoms with van der Waals surface area (Å²) in [6, 6.07) is 15.4. The summed E-state index contributed by atoms with van der Waals surface area (Å²) >= 11 is 6.49. The van der Waals surface area contributed by atoms with Crippen LogP contribution in [0.4, 0.5) is 5.69 Å². The number of carbonyl (C=O) groups is 1. The Bertz CT molecular complexity index is 1290. The van der Waals surface area contributed by atoms with E-state index in [4.69, 9.17) is 21.9 Å². The Morgan fingerprint density at radius 2 is 1.88 bits per heavy atom. The quantitative estimate of drug-likeness (QED) is 0.533. The molecule has 4 nitrogen and oxygen atoms in total. The van der Waals surface area contributed by atoms with Crippen molar-refractivity contribution < 1.29 is 4.79 Å². The summed E-state index contributed by atoms with van der Waals surface area (Å²) in [5.41, 5.74) is 6.91. The second-order valence-corrected chi connectivity index (χ2v) is 8.53. The molecule has 2 aliphatic rings. The molecule has 0 radical (unpaired) electrons. The molecule has 1 aliphatic carbocycles. The number of hydrogen-bond acceptors (Lipinski definition) is 3. The van der Waals surface area contributed by atoms with Crippen LogP contribution in [0.15, 0.2) is 88.1 Å². The number of nitriles is 1. The molecule has 1 aliphatic heterocycles. The number of carbonyl (C=O) groups excluding carboxylic acids is 1. The molecule has 5 heteroatoms. The molecule has 0 spiro atoms. The summed E-state index contributed by atoms with van der Waals surface area (Å²) in [6.07, 6.45) is 11.8. The van der Waals surface area contributed by atoms with Gasteiger partial charge in [0.25, 0.3) is 5.91 Å². The molecule has 33 heavy (non-hydrogen) atoms. The minimum atomic E-state index is -0.131. The van der Waals surface area contributed by atoms with E-state index >= 15 is 0 Å². The van der Waals surface area contributed by atoms with Crippen LogP contribution >= 0.6 is 11.6 Å². The molecule has 0 unspecified atom stereocenters. The van der Waals surface area contributed by atoms with Gasteiger partial charge in [-0.3, -0.25) is 14.7 Å². The van der Waals surface area contributed by atoms with Crippen LogP contribution in [0.2, 0.25) is 0 Å². The maximum Gasteiger partial charge on any atom is 0.252 e. The Hall–Kier alpha value is -3.68. The number of halogens is 1. The smallest absolute Gasteiger partial charge is 0.252 e. The van der Waals surface area contributed by atoms with E-state index in [0.717, 1.165) is 40.9 Å². The van der Waals surface area contributed by atoms with Crippen LogP contribution < -0.4 is 4.90 Å². The van der Waals surface area contributed by atoms with E-state index < -0.39 is 0 Å². The Labute approximate surface area is 199 Å². The summed E-state index contributed by atoms with van der Waals surface area (Å²) < 4.78 is 0. The van der Waals surface area contributed by atoms with Crippen molar-refractivity contribution in [1.82, 2.24) is 0 Å². The summed E-state index contributed by atoms with van der Waals surface area (Å²) in [5, 5.41) is 9.64. The van der Waals surface area contributed by atoms with Crippen molar-refractivity contribution in [2.75, 3.05) is 11.4 Å². The van der Waals surface area contributed by atoms with Crippen LogP contribution in [-0.2, 0) is 11.2 Å². The lowest BCUT2D eigenvalue weighted by Crippen LogP contribution is -2.31. The maximum absolute atomic E-state index is 13.4. The lowest BCUT2D eigenvalue weighted by Gasteiger charge is -2.24. The second kappa shape index (κ2) is 9.85. The highest BCUT2D eigenvalue weighted by Crippen LogP contribution is 2.28. The number of anilines is 1. The van der Waals surface area contributed by atoms with Crippen LogP contribution in [0.25, 0.3) is 6.08 Å². The fourth-order valence-corrected chi connectivity index (χ4v) is 4.29. The Kier molecular flexibility index (Phi) is 6.72. The van der Waals surface area contributed by atoms with Crippen LogP contribution in [0, 0.1) is 11.3 Å². The molecule has 0 saturated carbocycles. The average molecular weight is 454 g/mol. The highest BCUT2D eigenvalue weighted by molar-refractivity contribution is 6.32. The Balaban J connectivity index is 1.77. The molecule has 2 aromatic rings. The minimum Gasteiger partial charge on any atom is -0.284 e. The second-order valence-electron chi connectivity index (χ2n) is 8.09. The number of aryl methyl sites for hydroxylation is 1. The number of allylic oxidation sites excluding steroid dienone is 7. The van der Waals surface area contributed by atoms with E-state index in [1.165, 1.54) is 5.56 Å². The number of rotatable bonds is 2. The van der Waals surface area contributed by atoms with Gasteiger partial charge in [-0.25, -0.2) is 0 Å². The van der Waals surface area contributed by atoms with Gasteiger partial charge in [-0.2, -0.15) is 5.26 Å². The molecule has 1 amide bonds. The first-order chi connectivity index (χ1) is 16.0. The number of hydrogen-bond donors (Lipinski definition) is 0. The number of fused-ring (bicyclic) bond motifs is 1. The molecular weight excluding hydrogens is 430 g/mol. The van der Waals surface area contributed by atoms with Crippen molar-refractivity contribution in [3.05, 3.63) is 105 Å². The van der Waals surface area contributed by atoms with Crippen LogP contribution in [0.5, 0.6) is 0 Å². The largest absolute Gasteiger partial charge is 0.284 e. The van der Waals surface area contributed by atoms with E-state index in [1.807, 2.05) is 44.2 Å². The van der Waals surface area contributed by atoms with Gasteiger partial charge >= 0.3 is 0 Å².